The average Bonchev–Trinajstić information content (AvgIpc) is 2.17. The standard InChI is InChI=1S/C13H26N2O.ClH/c1-4-7-13(2,3)15-12(16)10-11-5-8-14-9-6-11;/h11,14H,4-10H2,1-3H3,(H,15,16);1H. The predicted molar refractivity (Wildman–Crippen MR) is 74.6 cm³/mol. The summed E-state index contributed by atoms with van der Waals surface area (Å²) in [5.74, 6) is 0.809. The molecule has 1 rings (SSSR count). The normalized spacial score (nSPS) is 17.4. The van der Waals surface area contributed by atoms with Gasteiger partial charge in [-0.25, -0.2) is 0 Å². The third-order valence-corrected chi connectivity index (χ3v) is 3.29. The first-order valence-corrected chi connectivity index (χ1v) is 6.55. The topological polar surface area (TPSA) is 41.1 Å². The molecule has 0 atom stereocenters. The summed E-state index contributed by atoms with van der Waals surface area (Å²) >= 11 is 0. The van der Waals surface area contributed by atoms with E-state index < -0.39 is 0 Å². The fourth-order valence-corrected chi connectivity index (χ4v) is 2.46. The minimum Gasteiger partial charge on any atom is -0.351 e. The fourth-order valence-electron chi connectivity index (χ4n) is 2.46. The summed E-state index contributed by atoms with van der Waals surface area (Å²) in [6.45, 7) is 8.50. The Balaban J connectivity index is 0.00000256. The molecular formula is C13H27ClN2O. The van der Waals surface area contributed by atoms with Crippen molar-refractivity contribution >= 4 is 18.3 Å². The van der Waals surface area contributed by atoms with E-state index in [1.54, 1.807) is 0 Å². The first-order valence-electron chi connectivity index (χ1n) is 6.55. The van der Waals surface area contributed by atoms with Crippen molar-refractivity contribution in [2.45, 2.75) is 58.4 Å². The molecule has 0 aliphatic carbocycles. The summed E-state index contributed by atoms with van der Waals surface area (Å²) in [5, 5.41) is 6.47. The molecule has 0 saturated carbocycles. The lowest BCUT2D eigenvalue weighted by Crippen LogP contribution is -2.44. The molecule has 1 fully saturated rings. The fraction of sp³-hybridized carbons (Fsp3) is 0.923. The Morgan fingerprint density at radius 2 is 1.94 bits per heavy atom. The molecule has 0 aromatic heterocycles. The van der Waals surface area contributed by atoms with Crippen LogP contribution < -0.4 is 10.6 Å². The molecule has 1 amide bonds. The van der Waals surface area contributed by atoms with Crippen molar-refractivity contribution < 1.29 is 4.79 Å². The summed E-state index contributed by atoms with van der Waals surface area (Å²) in [6, 6.07) is 0. The van der Waals surface area contributed by atoms with E-state index in [2.05, 4.69) is 31.4 Å². The van der Waals surface area contributed by atoms with E-state index in [1.165, 1.54) is 0 Å². The lowest BCUT2D eigenvalue weighted by Gasteiger charge is -2.28. The van der Waals surface area contributed by atoms with Crippen molar-refractivity contribution in [3.8, 4) is 0 Å². The molecule has 2 N–H and O–H groups in total. The van der Waals surface area contributed by atoms with Crippen molar-refractivity contribution in [3.05, 3.63) is 0 Å². The van der Waals surface area contributed by atoms with Crippen LogP contribution in [0.3, 0.4) is 0 Å². The van der Waals surface area contributed by atoms with Gasteiger partial charge in [0.15, 0.2) is 0 Å². The zero-order chi connectivity index (χ0) is 12.0. The van der Waals surface area contributed by atoms with Gasteiger partial charge in [-0.1, -0.05) is 13.3 Å². The molecule has 1 aliphatic rings. The number of amides is 1. The van der Waals surface area contributed by atoms with E-state index in [0.717, 1.165) is 38.8 Å². The van der Waals surface area contributed by atoms with Gasteiger partial charge >= 0.3 is 0 Å². The van der Waals surface area contributed by atoms with Crippen molar-refractivity contribution in [1.82, 2.24) is 10.6 Å². The molecule has 1 aliphatic heterocycles. The molecule has 102 valence electrons. The minimum absolute atomic E-state index is 0. The van der Waals surface area contributed by atoms with Crippen LogP contribution in [0.1, 0.15) is 52.9 Å². The van der Waals surface area contributed by atoms with E-state index in [9.17, 15) is 4.79 Å². The molecule has 0 spiro atoms. The van der Waals surface area contributed by atoms with Crippen molar-refractivity contribution in [2.75, 3.05) is 13.1 Å². The Bertz CT molecular complexity index is 225. The number of rotatable bonds is 5. The van der Waals surface area contributed by atoms with Crippen molar-refractivity contribution in [3.63, 3.8) is 0 Å². The van der Waals surface area contributed by atoms with E-state index in [0.29, 0.717) is 12.3 Å². The van der Waals surface area contributed by atoms with E-state index in [4.69, 9.17) is 0 Å². The maximum Gasteiger partial charge on any atom is 0.220 e. The van der Waals surface area contributed by atoms with Crippen molar-refractivity contribution in [2.24, 2.45) is 5.92 Å². The summed E-state index contributed by atoms with van der Waals surface area (Å²) in [4.78, 5) is 11.9. The molecule has 0 radical (unpaired) electrons. The lowest BCUT2D eigenvalue weighted by molar-refractivity contribution is -0.123. The number of carbonyl (C=O) groups is 1. The van der Waals surface area contributed by atoms with Crippen LogP contribution in [-0.2, 0) is 4.79 Å². The van der Waals surface area contributed by atoms with Gasteiger partial charge in [-0.3, -0.25) is 4.79 Å². The molecule has 0 bridgehead atoms. The summed E-state index contributed by atoms with van der Waals surface area (Å²) in [5.41, 5.74) is -0.0429. The Labute approximate surface area is 112 Å². The Hall–Kier alpha value is -0.280. The second kappa shape index (κ2) is 7.93. The lowest BCUT2D eigenvalue weighted by atomic mass is 9.93. The van der Waals surface area contributed by atoms with Gasteiger partial charge < -0.3 is 10.6 Å². The van der Waals surface area contributed by atoms with Crippen LogP contribution in [-0.4, -0.2) is 24.5 Å². The van der Waals surface area contributed by atoms with Crippen LogP contribution in [0.5, 0.6) is 0 Å². The second-order valence-corrected chi connectivity index (χ2v) is 5.58. The second-order valence-electron chi connectivity index (χ2n) is 5.58. The van der Waals surface area contributed by atoms with Gasteiger partial charge in [-0.2, -0.15) is 0 Å². The van der Waals surface area contributed by atoms with Gasteiger partial charge in [0, 0.05) is 12.0 Å². The summed E-state index contributed by atoms with van der Waals surface area (Å²) in [6.07, 6.45) is 5.14. The highest BCUT2D eigenvalue weighted by Gasteiger charge is 2.22. The number of hydrogen-bond acceptors (Lipinski definition) is 2. The van der Waals surface area contributed by atoms with Crippen LogP contribution in [0.2, 0.25) is 0 Å². The van der Waals surface area contributed by atoms with Crippen LogP contribution in [0, 0.1) is 5.92 Å². The quantitative estimate of drug-likeness (QED) is 0.799. The van der Waals surface area contributed by atoms with Crippen LogP contribution in [0.15, 0.2) is 0 Å². The molecule has 0 aromatic carbocycles. The highest BCUT2D eigenvalue weighted by molar-refractivity contribution is 5.85. The molecular weight excluding hydrogens is 236 g/mol. The maximum atomic E-state index is 11.9. The Kier molecular flexibility index (Phi) is 7.80. The molecule has 3 nitrogen and oxygen atoms in total. The molecule has 1 saturated heterocycles. The van der Waals surface area contributed by atoms with Gasteiger partial charge in [0.2, 0.25) is 5.91 Å². The maximum absolute atomic E-state index is 11.9. The summed E-state index contributed by atoms with van der Waals surface area (Å²) < 4.78 is 0. The van der Waals surface area contributed by atoms with Gasteiger partial charge in [0.05, 0.1) is 0 Å². The van der Waals surface area contributed by atoms with Crippen LogP contribution in [0.25, 0.3) is 0 Å². The Morgan fingerprint density at radius 1 is 1.35 bits per heavy atom. The van der Waals surface area contributed by atoms with Gasteiger partial charge in [-0.15, -0.1) is 12.4 Å². The first kappa shape index (κ1) is 16.7. The highest BCUT2D eigenvalue weighted by Crippen LogP contribution is 2.17. The number of halogens is 1. The van der Waals surface area contributed by atoms with Crippen LogP contribution in [0.4, 0.5) is 0 Å². The average molecular weight is 263 g/mol. The van der Waals surface area contributed by atoms with Crippen LogP contribution >= 0.6 is 12.4 Å². The van der Waals surface area contributed by atoms with Gasteiger partial charge in [0.1, 0.15) is 0 Å². The SMILES string of the molecule is CCCC(C)(C)NC(=O)CC1CCNCC1.Cl. The molecule has 17 heavy (non-hydrogen) atoms. The molecule has 4 heteroatoms. The predicted octanol–water partition coefficient (Wildman–Crippen LogP) is 2.49. The number of carbonyl (C=O) groups excluding carboxylic acids is 1. The molecule has 0 unspecified atom stereocenters. The largest absolute Gasteiger partial charge is 0.351 e. The summed E-state index contributed by atoms with van der Waals surface area (Å²) in [7, 11) is 0. The van der Waals surface area contributed by atoms with Gasteiger partial charge in [0.25, 0.3) is 0 Å². The third-order valence-electron chi connectivity index (χ3n) is 3.29. The number of hydrogen-bond donors (Lipinski definition) is 2. The third kappa shape index (κ3) is 6.89. The molecule has 1 heterocycles. The number of piperidine rings is 1. The smallest absolute Gasteiger partial charge is 0.220 e. The first-order chi connectivity index (χ1) is 7.53. The number of nitrogens with one attached hydrogen (secondary N) is 2. The van der Waals surface area contributed by atoms with Gasteiger partial charge in [-0.05, 0) is 52.1 Å². The van der Waals surface area contributed by atoms with E-state index >= 15 is 0 Å². The Morgan fingerprint density at radius 3 is 2.47 bits per heavy atom. The van der Waals surface area contributed by atoms with E-state index in [1.807, 2.05) is 0 Å². The zero-order valence-electron chi connectivity index (χ0n) is 11.3. The minimum atomic E-state index is -0.0429. The molecule has 0 aromatic rings. The van der Waals surface area contributed by atoms with Crippen molar-refractivity contribution in [1.29, 1.82) is 0 Å². The highest BCUT2D eigenvalue weighted by atomic mass is 35.5. The van der Waals surface area contributed by atoms with E-state index in [-0.39, 0.29) is 23.9 Å². The monoisotopic (exact) mass is 262 g/mol. The zero-order valence-corrected chi connectivity index (χ0v) is 12.2.